The number of anilines is 1. The fourth-order valence-electron chi connectivity index (χ4n) is 4.23. The van der Waals surface area contributed by atoms with Crippen LogP contribution in [0, 0.1) is 18.3 Å². The number of carbonyl (C=O) groups excluding carboxylic acids is 2. The Balaban J connectivity index is 0.000000336. The van der Waals surface area contributed by atoms with Crippen LogP contribution in [0.25, 0.3) is 11.4 Å². The van der Waals surface area contributed by atoms with E-state index in [4.69, 9.17) is 4.74 Å². The quantitative estimate of drug-likeness (QED) is 0.372. The van der Waals surface area contributed by atoms with Crippen molar-refractivity contribution in [1.82, 2.24) is 19.9 Å². The summed E-state index contributed by atoms with van der Waals surface area (Å²) in [6, 6.07) is 7.44. The van der Waals surface area contributed by atoms with Gasteiger partial charge in [-0.25, -0.2) is 4.98 Å². The largest absolute Gasteiger partial charge is 0.380 e. The Morgan fingerprint density at radius 1 is 1.16 bits per heavy atom. The predicted molar refractivity (Wildman–Crippen MR) is 153 cm³/mol. The molecule has 2 amide bonds. The van der Waals surface area contributed by atoms with Gasteiger partial charge in [0.15, 0.2) is 5.13 Å². The van der Waals surface area contributed by atoms with Gasteiger partial charge in [-0.2, -0.15) is 0 Å². The molecule has 4 heterocycles. The number of pyridine rings is 1. The van der Waals surface area contributed by atoms with E-state index in [1.807, 2.05) is 41.3 Å². The third-order valence-electron chi connectivity index (χ3n) is 6.45. The first-order chi connectivity index (χ1) is 17.9. The lowest BCUT2D eigenvalue weighted by Gasteiger charge is -2.42. The first-order valence-electron chi connectivity index (χ1n) is 13.1. The van der Waals surface area contributed by atoms with Crippen molar-refractivity contribution in [2.45, 2.75) is 66.8 Å². The van der Waals surface area contributed by atoms with Crippen molar-refractivity contribution in [3.63, 3.8) is 0 Å². The number of amides is 2. The van der Waals surface area contributed by atoms with E-state index in [-0.39, 0.29) is 23.9 Å². The molecule has 3 aromatic heterocycles. The maximum Gasteiger partial charge on any atom is 0.253 e. The van der Waals surface area contributed by atoms with Gasteiger partial charge in [0.05, 0.1) is 31.0 Å². The van der Waals surface area contributed by atoms with Gasteiger partial charge in [0, 0.05) is 34.4 Å². The molecule has 0 saturated carbocycles. The summed E-state index contributed by atoms with van der Waals surface area (Å²) in [5.74, 6) is 0.201. The van der Waals surface area contributed by atoms with Gasteiger partial charge in [-0.3, -0.25) is 14.6 Å². The number of ether oxygens (including phenoxy) is 1. The number of aryl methyl sites for hydroxylation is 1. The predicted octanol–water partition coefficient (Wildman–Crippen LogP) is 5.90. The standard InChI is InChI=1S/C20H23N5O2S.C9H18O/c1-13-6-5-7-15(22-13)16-12-28-19(23-16)24-17(26)10-21-18(27)14-8-9-25(11-14)20(2,3)4;1-4-9(5-8(2)3)6-10-7-9/h5-9,11-12H,10H2,1-4H3,(H,21,27)(H,23,24,26);8H,4-7H2,1-3H3. The van der Waals surface area contributed by atoms with Crippen LogP contribution in [-0.2, 0) is 15.1 Å². The van der Waals surface area contributed by atoms with E-state index >= 15 is 0 Å². The Hall–Kier alpha value is -3.04. The highest BCUT2D eigenvalue weighted by molar-refractivity contribution is 7.14. The lowest BCUT2D eigenvalue weighted by atomic mass is 9.76. The van der Waals surface area contributed by atoms with Gasteiger partial charge in [0.2, 0.25) is 5.91 Å². The molecule has 0 radical (unpaired) electrons. The molecule has 38 heavy (non-hydrogen) atoms. The second-order valence-corrected chi connectivity index (χ2v) is 12.2. The van der Waals surface area contributed by atoms with Crippen molar-refractivity contribution in [3.05, 3.63) is 53.3 Å². The molecule has 0 aliphatic carbocycles. The molecule has 0 bridgehead atoms. The van der Waals surface area contributed by atoms with E-state index in [1.54, 1.807) is 12.3 Å². The van der Waals surface area contributed by atoms with E-state index in [0.29, 0.717) is 21.8 Å². The number of nitrogens with one attached hydrogen (secondary N) is 2. The number of thiazole rings is 1. The molecule has 0 atom stereocenters. The fraction of sp³-hybridized carbons (Fsp3) is 0.517. The molecule has 206 valence electrons. The van der Waals surface area contributed by atoms with Crippen molar-refractivity contribution in [2.75, 3.05) is 25.1 Å². The molecule has 1 aliphatic heterocycles. The molecule has 0 spiro atoms. The third-order valence-corrected chi connectivity index (χ3v) is 7.21. The molecular formula is C29H41N5O3S. The minimum Gasteiger partial charge on any atom is -0.380 e. The summed E-state index contributed by atoms with van der Waals surface area (Å²) < 4.78 is 7.19. The zero-order valence-electron chi connectivity index (χ0n) is 23.6. The monoisotopic (exact) mass is 539 g/mol. The topological polar surface area (TPSA) is 98.1 Å². The summed E-state index contributed by atoms with van der Waals surface area (Å²) in [5, 5.41) is 7.64. The summed E-state index contributed by atoms with van der Waals surface area (Å²) in [7, 11) is 0. The second-order valence-electron chi connectivity index (χ2n) is 11.4. The maximum atomic E-state index is 12.2. The van der Waals surface area contributed by atoms with Gasteiger partial charge in [-0.1, -0.05) is 26.8 Å². The van der Waals surface area contributed by atoms with E-state index in [0.717, 1.165) is 30.5 Å². The maximum absolute atomic E-state index is 12.2. The number of nitrogens with zero attached hydrogens (tertiary/aromatic N) is 3. The molecule has 8 nitrogen and oxygen atoms in total. The molecule has 4 rings (SSSR count). The highest BCUT2D eigenvalue weighted by Crippen LogP contribution is 2.37. The number of aromatic nitrogens is 3. The lowest BCUT2D eigenvalue weighted by molar-refractivity contribution is -0.124. The van der Waals surface area contributed by atoms with Crippen molar-refractivity contribution >= 4 is 28.3 Å². The van der Waals surface area contributed by atoms with E-state index in [9.17, 15) is 9.59 Å². The average Bonchev–Trinajstić information content (AvgIpc) is 3.50. The molecule has 0 unspecified atom stereocenters. The van der Waals surface area contributed by atoms with Crippen LogP contribution < -0.4 is 10.6 Å². The molecular weight excluding hydrogens is 498 g/mol. The van der Waals surface area contributed by atoms with Gasteiger partial charge in [0.1, 0.15) is 5.69 Å². The minimum atomic E-state index is -0.332. The zero-order chi connectivity index (χ0) is 27.9. The second kappa shape index (κ2) is 12.7. The molecule has 1 fully saturated rings. The van der Waals surface area contributed by atoms with Gasteiger partial charge in [-0.05, 0) is 64.7 Å². The van der Waals surface area contributed by atoms with Crippen LogP contribution in [0.1, 0.15) is 70.4 Å². The van der Waals surface area contributed by atoms with Crippen LogP contribution in [0.5, 0.6) is 0 Å². The third kappa shape index (κ3) is 8.23. The van der Waals surface area contributed by atoms with Crippen molar-refractivity contribution in [2.24, 2.45) is 11.3 Å². The van der Waals surface area contributed by atoms with Crippen molar-refractivity contribution < 1.29 is 14.3 Å². The van der Waals surface area contributed by atoms with Crippen molar-refractivity contribution in [1.29, 1.82) is 0 Å². The van der Waals surface area contributed by atoms with Crippen LogP contribution in [-0.4, -0.2) is 46.1 Å². The Labute approximate surface area is 230 Å². The molecule has 3 aromatic rings. The van der Waals surface area contributed by atoms with Crippen molar-refractivity contribution in [3.8, 4) is 11.4 Å². The summed E-state index contributed by atoms with van der Waals surface area (Å²) in [5.41, 5.74) is 3.34. The van der Waals surface area contributed by atoms with Crippen LogP contribution in [0.3, 0.4) is 0 Å². The van der Waals surface area contributed by atoms with E-state index in [1.165, 1.54) is 24.2 Å². The highest BCUT2D eigenvalue weighted by atomic mass is 32.1. The van der Waals surface area contributed by atoms with E-state index in [2.05, 4.69) is 62.1 Å². The molecule has 0 aromatic carbocycles. The lowest BCUT2D eigenvalue weighted by Crippen LogP contribution is -2.42. The van der Waals surface area contributed by atoms with Gasteiger partial charge < -0.3 is 19.9 Å². The minimum absolute atomic E-state index is 0.107. The van der Waals surface area contributed by atoms with Crippen LogP contribution in [0.15, 0.2) is 42.0 Å². The number of carbonyl (C=O) groups is 2. The Morgan fingerprint density at radius 3 is 2.42 bits per heavy atom. The van der Waals surface area contributed by atoms with Gasteiger partial charge in [-0.15, -0.1) is 11.3 Å². The number of hydrogen-bond donors (Lipinski definition) is 2. The molecule has 1 saturated heterocycles. The summed E-state index contributed by atoms with van der Waals surface area (Å²) >= 11 is 1.32. The van der Waals surface area contributed by atoms with Gasteiger partial charge >= 0.3 is 0 Å². The Bertz CT molecular complexity index is 1220. The molecule has 1 aliphatic rings. The highest BCUT2D eigenvalue weighted by Gasteiger charge is 2.36. The fourth-order valence-corrected chi connectivity index (χ4v) is 4.95. The molecule has 9 heteroatoms. The van der Waals surface area contributed by atoms with Crippen LogP contribution >= 0.6 is 11.3 Å². The summed E-state index contributed by atoms with van der Waals surface area (Å²) in [4.78, 5) is 33.2. The Kier molecular flexibility index (Phi) is 9.84. The summed E-state index contributed by atoms with van der Waals surface area (Å²) in [6.45, 7) is 16.8. The van der Waals surface area contributed by atoms with Gasteiger partial charge in [0.25, 0.3) is 5.91 Å². The van der Waals surface area contributed by atoms with Crippen LogP contribution in [0.2, 0.25) is 0 Å². The number of hydrogen-bond acceptors (Lipinski definition) is 6. The van der Waals surface area contributed by atoms with Crippen LogP contribution in [0.4, 0.5) is 5.13 Å². The SMILES string of the molecule is CCC1(CC(C)C)COC1.Cc1cccc(-c2csc(NC(=O)CNC(=O)c3ccn(C(C)(C)C)c3)n2)n1. The number of rotatable bonds is 8. The first kappa shape index (κ1) is 29.5. The Morgan fingerprint density at radius 2 is 1.89 bits per heavy atom. The normalized spacial score (nSPS) is 14.3. The average molecular weight is 540 g/mol. The zero-order valence-corrected chi connectivity index (χ0v) is 24.4. The molecule has 2 N–H and O–H groups in total. The smallest absolute Gasteiger partial charge is 0.253 e. The first-order valence-corrected chi connectivity index (χ1v) is 14.0. The summed E-state index contributed by atoms with van der Waals surface area (Å²) in [6.07, 6.45) is 6.25. The van der Waals surface area contributed by atoms with E-state index < -0.39 is 0 Å².